The van der Waals surface area contributed by atoms with Crippen LogP contribution in [0.4, 0.5) is 0 Å². The lowest BCUT2D eigenvalue weighted by atomic mass is 10.1. The molecule has 3 aromatic rings. The zero-order valence-electron chi connectivity index (χ0n) is 18.4. The van der Waals surface area contributed by atoms with Gasteiger partial charge in [0.15, 0.2) is 0 Å². The molecule has 3 rings (SSSR count). The molecule has 1 N–H and O–H groups in total. The van der Waals surface area contributed by atoms with E-state index in [4.69, 9.17) is 9.84 Å². The fraction of sp³-hybridized carbons (Fsp3) is 0.370. The first-order chi connectivity index (χ1) is 15.1. The number of carbonyl (C=O) groups is 1. The Morgan fingerprint density at radius 1 is 0.903 bits per heavy atom. The van der Waals surface area contributed by atoms with Gasteiger partial charge in [0.1, 0.15) is 5.75 Å². The maximum atomic E-state index is 10.8. The molecule has 164 valence electrons. The third-order valence-corrected chi connectivity index (χ3v) is 5.59. The highest BCUT2D eigenvalue weighted by atomic mass is 16.5. The van der Waals surface area contributed by atoms with Crippen molar-refractivity contribution in [1.82, 2.24) is 4.90 Å². The molecule has 4 heteroatoms. The van der Waals surface area contributed by atoms with E-state index in [9.17, 15) is 4.79 Å². The predicted octanol–water partition coefficient (Wildman–Crippen LogP) is 5.93. The third-order valence-electron chi connectivity index (χ3n) is 5.59. The fourth-order valence-electron chi connectivity index (χ4n) is 3.77. The van der Waals surface area contributed by atoms with Gasteiger partial charge in [0.2, 0.25) is 0 Å². The number of fused-ring (bicyclic) bond motifs is 1. The van der Waals surface area contributed by atoms with Gasteiger partial charge < -0.3 is 9.84 Å². The summed E-state index contributed by atoms with van der Waals surface area (Å²) < 4.78 is 5.97. The molecule has 0 aromatic heterocycles. The number of aryl methyl sites for hydroxylation is 1. The lowest BCUT2D eigenvalue weighted by Crippen LogP contribution is -2.25. The SMILES string of the molecule is CCN(CCC(=O)O)Cc1ccc2cc(OCCCCCc3ccccc3)ccc2c1. The van der Waals surface area contributed by atoms with E-state index in [1.54, 1.807) is 0 Å². The molecule has 0 saturated carbocycles. The molecule has 0 amide bonds. The van der Waals surface area contributed by atoms with Crippen molar-refractivity contribution in [2.45, 2.75) is 45.6 Å². The van der Waals surface area contributed by atoms with E-state index in [2.05, 4.69) is 72.5 Å². The Morgan fingerprint density at radius 2 is 1.68 bits per heavy atom. The highest BCUT2D eigenvalue weighted by molar-refractivity contribution is 5.84. The summed E-state index contributed by atoms with van der Waals surface area (Å²) >= 11 is 0. The van der Waals surface area contributed by atoms with Crippen molar-refractivity contribution < 1.29 is 14.6 Å². The number of ether oxygens (including phenoxy) is 1. The van der Waals surface area contributed by atoms with Crippen molar-refractivity contribution >= 4 is 16.7 Å². The Balaban J connectivity index is 1.45. The summed E-state index contributed by atoms with van der Waals surface area (Å²) in [6.45, 7) is 4.98. The number of rotatable bonds is 13. The number of aliphatic carboxylic acids is 1. The van der Waals surface area contributed by atoms with Gasteiger partial charge in [-0.1, -0.05) is 55.5 Å². The summed E-state index contributed by atoms with van der Waals surface area (Å²) in [6, 6.07) is 23.3. The number of carboxylic acid groups (broad SMARTS) is 1. The maximum Gasteiger partial charge on any atom is 0.304 e. The van der Waals surface area contributed by atoms with Gasteiger partial charge in [-0.3, -0.25) is 9.69 Å². The minimum atomic E-state index is -0.749. The zero-order chi connectivity index (χ0) is 21.9. The number of carboxylic acids is 1. The molecule has 0 aliphatic carbocycles. The van der Waals surface area contributed by atoms with Crippen molar-refractivity contribution in [3.8, 4) is 5.75 Å². The summed E-state index contributed by atoms with van der Waals surface area (Å²) in [5.41, 5.74) is 2.60. The van der Waals surface area contributed by atoms with Gasteiger partial charge >= 0.3 is 5.97 Å². The first kappa shape index (κ1) is 22.8. The summed E-state index contributed by atoms with van der Waals surface area (Å²) in [4.78, 5) is 13.0. The molecule has 3 aromatic carbocycles. The molecular formula is C27H33NO3. The van der Waals surface area contributed by atoms with Crippen LogP contribution in [0.3, 0.4) is 0 Å². The largest absolute Gasteiger partial charge is 0.494 e. The van der Waals surface area contributed by atoms with Crippen molar-refractivity contribution in [1.29, 1.82) is 0 Å². The molecule has 31 heavy (non-hydrogen) atoms. The Labute approximate surface area is 185 Å². The van der Waals surface area contributed by atoms with Gasteiger partial charge in [-0.15, -0.1) is 0 Å². The number of hydrogen-bond donors (Lipinski definition) is 1. The van der Waals surface area contributed by atoms with Gasteiger partial charge in [0, 0.05) is 13.1 Å². The van der Waals surface area contributed by atoms with Gasteiger partial charge in [-0.25, -0.2) is 0 Å². The summed E-state index contributed by atoms with van der Waals surface area (Å²) in [5.74, 6) is 0.167. The van der Waals surface area contributed by atoms with Gasteiger partial charge in [-0.2, -0.15) is 0 Å². The topological polar surface area (TPSA) is 49.8 Å². The van der Waals surface area contributed by atoms with Crippen LogP contribution in [0.25, 0.3) is 10.8 Å². The average Bonchev–Trinajstić information content (AvgIpc) is 2.79. The van der Waals surface area contributed by atoms with Crippen LogP contribution in [-0.4, -0.2) is 35.7 Å². The normalized spacial score (nSPS) is 11.2. The van der Waals surface area contributed by atoms with E-state index in [1.165, 1.54) is 34.7 Å². The van der Waals surface area contributed by atoms with Crippen molar-refractivity contribution in [2.24, 2.45) is 0 Å². The second-order valence-corrected chi connectivity index (χ2v) is 8.00. The van der Waals surface area contributed by atoms with Crippen LogP contribution >= 0.6 is 0 Å². The Hall–Kier alpha value is -2.85. The molecule has 0 saturated heterocycles. The van der Waals surface area contributed by atoms with Crippen LogP contribution in [0.5, 0.6) is 5.75 Å². The zero-order valence-corrected chi connectivity index (χ0v) is 18.4. The summed E-state index contributed by atoms with van der Waals surface area (Å²) in [5, 5.41) is 11.3. The molecule has 0 aliphatic rings. The molecule has 0 spiro atoms. The van der Waals surface area contributed by atoms with Crippen LogP contribution in [0.15, 0.2) is 66.7 Å². The monoisotopic (exact) mass is 419 g/mol. The van der Waals surface area contributed by atoms with E-state index >= 15 is 0 Å². The molecule has 0 radical (unpaired) electrons. The Bertz CT molecular complexity index is 955. The van der Waals surface area contributed by atoms with E-state index in [-0.39, 0.29) is 6.42 Å². The van der Waals surface area contributed by atoms with Crippen LogP contribution in [0.1, 0.15) is 43.7 Å². The first-order valence-electron chi connectivity index (χ1n) is 11.3. The second-order valence-electron chi connectivity index (χ2n) is 8.00. The second kappa shape index (κ2) is 12.1. The molecule has 0 atom stereocenters. The lowest BCUT2D eigenvalue weighted by molar-refractivity contribution is -0.137. The number of nitrogens with zero attached hydrogens (tertiary/aromatic N) is 1. The first-order valence-corrected chi connectivity index (χ1v) is 11.3. The minimum Gasteiger partial charge on any atom is -0.494 e. The average molecular weight is 420 g/mol. The minimum absolute atomic E-state index is 0.175. The molecule has 0 aliphatic heterocycles. The van der Waals surface area contributed by atoms with Crippen molar-refractivity contribution in [3.05, 3.63) is 77.9 Å². The highest BCUT2D eigenvalue weighted by Gasteiger charge is 2.07. The quantitative estimate of drug-likeness (QED) is 0.349. The van der Waals surface area contributed by atoms with E-state index in [0.29, 0.717) is 6.54 Å². The van der Waals surface area contributed by atoms with E-state index < -0.39 is 5.97 Å². The van der Waals surface area contributed by atoms with Crippen LogP contribution in [0, 0.1) is 0 Å². The third kappa shape index (κ3) is 7.72. The predicted molar refractivity (Wildman–Crippen MR) is 127 cm³/mol. The molecule has 0 heterocycles. The number of hydrogen-bond acceptors (Lipinski definition) is 3. The smallest absolute Gasteiger partial charge is 0.304 e. The fourth-order valence-corrected chi connectivity index (χ4v) is 3.77. The standard InChI is InChI=1S/C27H33NO3/c1-2-28(17-16-27(29)30)21-23-12-13-25-20-26(15-14-24(25)19-23)31-18-8-4-7-11-22-9-5-3-6-10-22/h3,5-6,9-10,12-15,19-20H,2,4,7-8,11,16-18,21H2,1H3,(H,29,30). The van der Waals surface area contributed by atoms with E-state index in [1.807, 2.05) is 6.07 Å². The van der Waals surface area contributed by atoms with Gasteiger partial charge in [-0.05, 0) is 72.3 Å². The van der Waals surface area contributed by atoms with Gasteiger partial charge in [0.05, 0.1) is 13.0 Å². The van der Waals surface area contributed by atoms with Crippen molar-refractivity contribution in [3.63, 3.8) is 0 Å². The van der Waals surface area contributed by atoms with Crippen LogP contribution < -0.4 is 4.74 Å². The van der Waals surface area contributed by atoms with Crippen LogP contribution in [-0.2, 0) is 17.8 Å². The Kier molecular flexibility index (Phi) is 8.92. The van der Waals surface area contributed by atoms with E-state index in [0.717, 1.165) is 38.3 Å². The van der Waals surface area contributed by atoms with Crippen molar-refractivity contribution in [2.75, 3.05) is 19.7 Å². The maximum absolute atomic E-state index is 10.8. The summed E-state index contributed by atoms with van der Waals surface area (Å²) in [6.07, 6.45) is 4.73. The molecule has 4 nitrogen and oxygen atoms in total. The van der Waals surface area contributed by atoms with Gasteiger partial charge in [0.25, 0.3) is 0 Å². The lowest BCUT2D eigenvalue weighted by Gasteiger charge is -2.19. The molecule has 0 bridgehead atoms. The number of unbranched alkanes of at least 4 members (excludes halogenated alkanes) is 2. The highest BCUT2D eigenvalue weighted by Crippen LogP contribution is 2.23. The summed E-state index contributed by atoms with van der Waals surface area (Å²) in [7, 11) is 0. The molecule has 0 unspecified atom stereocenters. The molecular weight excluding hydrogens is 386 g/mol. The molecule has 0 fully saturated rings. The Morgan fingerprint density at radius 3 is 2.45 bits per heavy atom. The number of benzene rings is 3. The van der Waals surface area contributed by atoms with Crippen LogP contribution in [0.2, 0.25) is 0 Å².